The van der Waals surface area contributed by atoms with Crippen molar-refractivity contribution in [2.24, 2.45) is 0 Å². The van der Waals surface area contributed by atoms with Crippen LogP contribution in [0.5, 0.6) is 5.75 Å². The monoisotopic (exact) mass is 458 g/mol. The average molecular weight is 459 g/mol. The summed E-state index contributed by atoms with van der Waals surface area (Å²) >= 11 is 0. The van der Waals surface area contributed by atoms with Gasteiger partial charge in [0.1, 0.15) is 5.75 Å². The molecule has 2 atom stereocenters. The maximum atomic E-state index is 14.4. The minimum atomic E-state index is -0.841. The van der Waals surface area contributed by atoms with Gasteiger partial charge in [0.2, 0.25) is 5.91 Å². The number of rotatable bonds is 8. The van der Waals surface area contributed by atoms with Gasteiger partial charge in [-0.05, 0) is 42.2 Å². The van der Waals surface area contributed by atoms with Crippen LogP contribution in [0.1, 0.15) is 36.1 Å². The van der Waals surface area contributed by atoms with Gasteiger partial charge in [-0.2, -0.15) is 0 Å². The van der Waals surface area contributed by atoms with E-state index in [0.717, 1.165) is 35.4 Å². The first-order chi connectivity index (χ1) is 16.4. The van der Waals surface area contributed by atoms with Gasteiger partial charge >= 0.3 is 0 Å². The molecule has 1 heterocycles. The van der Waals surface area contributed by atoms with Gasteiger partial charge in [-0.25, -0.2) is 0 Å². The van der Waals surface area contributed by atoms with Crippen LogP contribution < -0.4 is 4.74 Å². The number of benzene rings is 3. The lowest BCUT2D eigenvalue weighted by Crippen LogP contribution is -2.48. The van der Waals surface area contributed by atoms with Crippen molar-refractivity contribution in [1.82, 2.24) is 9.80 Å². The zero-order valence-electron chi connectivity index (χ0n) is 20.2. The molecule has 1 saturated heterocycles. The van der Waals surface area contributed by atoms with Crippen LogP contribution in [0.3, 0.4) is 0 Å². The standard InChI is InChI=1S/C29H34N2O3/c1-29(23-10-6-4-7-11-23,24-12-8-5-9-13-24)28(33)30(2)27(21-31-19-18-25(32)20-31)22-14-16-26(34-3)17-15-22/h4-17,25,27,32H,18-21H2,1-3H3/t25-,27+/m0/s1. The van der Waals surface area contributed by atoms with Crippen LogP contribution in [0.2, 0.25) is 0 Å². The maximum Gasteiger partial charge on any atom is 0.237 e. The zero-order chi connectivity index (χ0) is 24.1. The highest BCUT2D eigenvalue weighted by Gasteiger charge is 2.41. The first-order valence-corrected chi connectivity index (χ1v) is 11.9. The third-order valence-corrected chi connectivity index (χ3v) is 7.10. The number of methoxy groups -OCH3 is 1. The van der Waals surface area contributed by atoms with Gasteiger partial charge in [-0.15, -0.1) is 0 Å². The molecule has 0 unspecified atom stereocenters. The van der Waals surface area contributed by atoms with E-state index in [-0.39, 0.29) is 18.1 Å². The Balaban J connectivity index is 1.73. The van der Waals surface area contributed by atoms with Gasteiger partial charge in [-0.3, -0.25) is 9.69 Å². The van der Waals surface area contributed by atoms with Crippen molar-refractivity contribution in [1.29, 1.82) is 0 Å². The van der Waals surface area contributed by atoms with Crippen LogP contribution in [0, 0.1) is 0 Å². The molecule has 0 saturated carbocycles. The number of likely N-dealkylation sites (N-methyl/N-ethyl adjacent to an activating group) is 1. The van der Waals surface area contributed by atoms with Gasteiger partial charge in [-0.1, -0.05) is 72.8 Å². The number of ether oxygens (including phenoxy) is 1. The first kappa shape index (κ1) is 24.0. The van der Waals surface area contributed by atoms with Crippen LogP contribution in [0.15, 0.2) is 84.9 Å². The van der Waals surface area contributed by atoms with E-state index in [1.54, 1.807) is 7.11 Å². The number of likely N-dealkylation sites (tertiary alicyclic amines) is 1. The molecule has 0 aromatic heterocycles. The number of aliphatic hydroxyl groups is 1. The number of β-amino-alcohol motifs (C(OH)–C–C–N with tert-alkyl or cyclic N) is 1. The van der Waals surface area contributed by atoms with Crippen LogP contribution in [-0.4, -0.2) is 60.7 Å². The Morgan fingerprint density at radius 1 is 1.03 bits per heavy atom. The fourth-order valence-electron chi connectivity index (χ4n) is 4.95. The lowest BCUT2D eigenvalue weighted by atomic mass is 9.74. The molecular formula is C29H34N2O3. The molecule has 1 aliphatic rings. The van der Waals surface area contributed by atoms with E-state index in [2.05, 4.69) is 4.90 Å². The molecule has 0 radical (unpaired) electrons. The van der Waals surface area contributed by atoms with Gasteiger partial charge < -0.3 is 14.7 Å². The fourth-order valence-corrected chi connectivity index (χ4v) is 4.95. The van der Waals surface area contributed by atoms with Crippen molar-refractivity contribution >= 4 is 5.91 Å². The number of nitrogens with zero attached hydrogens (tertiary/aromatic N) is 2. The summed E-state index contributed by atoms with van der Waals surface area (Å²) in [5.74, 6) is 0.817. The lowest BCUT2D eigenvalue weighted by molar-refractivity contribution is -0.136. The Morgan fingerprint density at radius 3 is 2.06 bits per heavy atom. The van der Waals surface area contributed by atoms with Crippen molar-refractivity contribution in [3.8, 4) is 5.75 Å². The molecule has 34 heavy (non-hydrogen) atoms. The van der Waals surface area contributed by atoms with E-state index in [4.69, 9.17) is 4.74 Å². The number of aliphatic hydroxyl groups excluding tert-OH is 1. The number of amides is 1. The van der Waals surface area contributed by atoms with Gasteiger partial charge in [0.15, 0.2) is 0 Å². The summed E-state index contributed by atoms with van der Waals surface area (Å²) in [4.78, 5) is 18.5. The fraction of sp³-hybridized carbons (Fsp3) is 0.345. The lowest BCUT2D eigenvalue weighted by Gasteiger charge is -2.39. The van der Waals surface area contributed by atoms with E-state index >= 15 is 0 Å². The molecule has 0 bridgehead atoms. The summed E-state index contributed by atoms with van der Waals surface area (Å²) in [5, 5.41) is 10.1. The smallest absolute Gasteiger partial charge is 0.237 e. The molecular weight excluding hydrogens is 424 g/mol. The maximum absolute atomic E-state index is 14.4. The summed E-state index contributed by atoms with van der Waals surface area (Å²) in [7, 11) is 3.55. The molecule has 4 rings (SSSR count). The van der Waals surface area contributed by atoms with Crippen molar-refractivity contribution < 1.29 is 14.6 Å². The first-order valence-electron chi connectivity index (χ1n) is 11.9. The van der Waals surface area contributed by atoms with E-state index < -0.39 is 5.41 Å². The van der Waals surface area contributed by atoms with Crippen molar-refractivity contribution in [3.05, 3.63) is 102 Å². The third-order valence-electron chi connectivity index (χ3n) is 7.10. The summed E-state index contributed by atoms with van der Waals surface area (Å²) in [5.41, 5.74) is 2.12. The number of hydrogen-bond acceptors (Lipinski definition) is 4. The van der Waals surface area contributed by atoms with E-state index in [9.17, 15) is 9.90 Å². The second-order valence-corrected chi connectivity index (χ2v) is 9.26. The summed E-state index contributed by atoms with van der Waals surface area (Å²) in [6.45, 7) is 4.13. The SMILES string of the molecule is COc1ccc([C@@H](CN2CC[C@H](O)C2)N(C)C(=O)C(C)(c2ccccc2)c2ccccc2)cc1. The molecule has 0 spiro atoms. The Hall–Kier alpha value is -3.15. The molecule has 3 aromatic carbocycles. The van der Waals surface area contributed by atoms with Crippen molar-refractivity contribution in [3.63, 3.8) is 0 Å². The normalized spacial score (nSPS) is 17.4. The quantitative estimate of drug-likeness (QED) is 0.548. The molecule has 1 aliphatic heterocycles. The second kappa shape index (κ2) is 10.4. The minimum Gasteiger partial charge on any atom is -0.497 e. The molecule has 0 aliphatic carbocycles. The zero-order valence-corrected chi connectivity index (χ0v) is 20.2. The molecule has 1 amide bonds. The molecule has 178 valence electrons. The third kappa shape index (κ3) is 4.86. The summed E-state index contributed by atoms with van der Waals surface area (Å²) in [6, 6.07) is 27.7. The topological polar surface area (TPSA) is 53.0 Å². The average Bonchev–Trinajstić information content (AvgIpc) is 3.31. The van der Waals surface area contributed by atoms with Gasteiger partial charge in [0, 0.05) is 26.7 Å². The van der Waals surface area contributed by atoms with E-state index in [1.165, 1.54) is 0 Å². The Bertz CT molecular complexity index is 1030. The van der Waals surface area contributed by atoms with Crippen LogP contribution in [0.25, 0.3) is 0 Å². The summed E-state index contributed by atoms with van der Waals surface area (Å²) in [6.07, 6.45) is 0.454. The molecule has 5 heteroatoms. The van der Waals surface area contributed by atoms with Gasteiger partial charge in [0.05, 0.1) is 24.7 Å². The largest absolute Gasteiger partial charge is 0.497 e. The number of hydrogen-bond donors (Lipinski definition) is 1. The van der Waals surface area contributed by atoms with Gasteiger partial charge in [0.25, 0.3) is 0 Å². The predicted molar refractivity (Wildman–Crippen MR) is 135 cm³/mol. The Kier molecular flexibility index (Phi) is 7.35. The predicted octanol–water partition coefficient (Wildman–Crippen LogP) is 4.27. The number of carbonyl (C=O) groups is 1. The van der Waals surface area contributed by atoms with Crippen LogP contribution in [-0.2, 0) is 10.2 Å². The Labute approximate surface area is 202 Å². The van der Waals surface area contributed by atoms with E-state index in [0.29, 0.717) is 13.1 Å². The number of carbonyl (C=O) groups excluding carboxylic acids is 1. The summed E-state index contributed by atoms with van der Waals surface area (Å²) < 4.78 is 5.35. The van der Waals surface area contributed by atoms with Crippen molar-refractivity contribution in [2.45, 2.75) is 30.9 Å². The Morgan fingerprint density at radius 2 is 1.59 bits per heavy atom. The highest BCUT2D eigenvalue weighted by atomic mass is 16.5. The van der Waals surface area contributed by atoms with E-state index in [1.807, 2.05) is 104 Å². The minimum absolute atomic E-state index is 0.0328. The molecule has 1 N–H and O–H groups in total. The highest BCUT2D eigenvalue weighted by Crippen LogP contribution is 2.36. The van der Waals surface area contributed by atoms with Crippen LogP contribution >= 0.6 is 0 Å². The highest BCUT2D eigenvalue weighted by molar-refractivity contribution is 5.92. The van der Waals surface area contributed by atoms with Crippen molar-refractivity contribution in [2.75, 3.05) is 33.8 Å². The second-order valence-electron chi connectivity index (χ2n) is 9.26. The molecule has 5 nitrogen and oxygen atoms in total. The van der Waals surface area contributed by atoms with Crippen LogP contribution in [0.4, 0.5) is 0 Å². The molecule has 3 aromatic rings. The molecule has 1 fully saturated rings.